The Morgan fingerprint density at radius 2 is 1.55 bits per heavy atom. The molecule has 0 fully saturated rings. The number of H-pyrrole nitrogens is 2. The molecule has 96 valence electrons. The van der Waals surface area contributed by atoms with Crippen LogP contribution in [0.5, 0.6) is 0 Å². The van der Waals surface area contributed by atoms with E-state index in [1.165, 1.54) is 0 Å². The molecule has 4 aromatic rings. The van der Waals surface area contributed by atoms with Gasteiger partial charge >= 0.3 is 0 Å². The topological polar surface area (TPSA) is 70.2 Å². The standard InChI is InChI=1S/C15H11N5/c1-3-11(15-9-17-20-19-15)4-2-10(1)12-5-6-13-8-16-18-14(13)7-12/h1-9H,(H,16,18)(H,17,19,20). The van der Waals surface area contributed by atoms with Gasteiger partial charge in [0.25, 0.3) is 0 Å². The smallest absolute Gasteiger partial charge is 0.112 e. The SMILES string of the molecule is c1cc(-c2cn[nH]n2)ccc1-c1ccc2cn[nH]c2c1. The zero-order valence-electron chi connectivity index (χ0n) is 10.5. The van der Waals surface area contributed by atoms with Crippen LogP contribution >= 0.6 is 0 Å². The second-order valence-electron chi connectivity index (χ2n) is 4.60. The van der Waals surface area contributed by atoms with E-state index in [0.29, 0.717) is 0 Å². The van der Waals surface area contributed by atoms with E-state index in [1.54, 1.807) is 6.20 Å². The lowest BCUT2D eigenvalue weighted by Gasteiger charge is -2.03. The molecule has 0 amide bonds. The molecule has 0 radical (unpaired) electrons. The monoisotopic (exact) mass is 261 g/mol. The fourth-order valence-corrected chi connectivity index (χ4v) is 2.29. The fraction of sp³-hybridized carbons (Fsp3) is 0. The summed E-state index contributed by atoms with van der Waals surface area (Å²) in [6.45, 7) is 0. The third-order valence-corrected chi connectivity index (χ3v) is 3.37. The summed E-state index contributed by atoms with van der Waals surface area (Å²) >= 11 is 0. The molecule has 0 bridgehead atoms. The van der Waals surface area contributed by atoms with E-state index in [0.717, 1.165) is 33.3 Å². The Bertz CT molecular complexity index is 844. The zero-order chi connectivity index (χ0) is 13.4. The predicted octanol–water partition coefficient (Wildman–Crippen LogP) is 3.02. The first kappa shape index (κ1) is 10.9. The van der Waals surface area contributed by atoms with Crippen molar-refractivity contribution in [3.8, 4) is 22.4 Å². The van der Waals surface area contributed by atoms with Crippen LogP contribution in [0.25, 0.3) is 33.3 Å². The molecule has 0 aliphatic rings. The number of nitrogens with zero attached hydrogens (tertiary/aromatic N) is 3. The fourth-order valence-electron chi connectivity index (χ4n) is 2.29. The quantitative estimate of drug-likeness (QED) is 0.582. The summed E-state index contributed by atoms with van der Waals surface area (Å²) in [6, 6.07) is 14.5. The minimum absolute atomic E-state index is 0.848. The van der Waals surface area contributed by atoms with Crippen LogP contribution in [0.15, 0.2) is 54.9 Å². The molecular formula is C15H11N5. The highest BCUT2D eigenvalue weighted by Crippen LogP contribution is 2.25. The highest BCUT2D eigenvalue weighted by Gasteiger charge is 2.03. The number of fused-ring (bicyclic) bond motifs is 1. The number of hydrogen-bond donors (Lipinski definition) is 2. The molecule has 0 aliphatic heterocycles. The molecule has 0 saturated heterocycles. The van der Waals surface area contributed by atoms with E-state index in [1.807, 2.05) is 18.3 Å². The highest BCUT2D eigenvalue weighted by molar-refractivity contribution is 5.84. The van der Waals surface area contributed by atoms with Crippen molar-refractivity contribution in [2.45, 2.75) is 0 Å². The molecule has 4 rings (SSSR count). The van der Waals surface area contributed by atoms with Crippen LogP contribution in [-0.4, -0.2) is 25.6 Å². The van der Waals surface area contributed by atoms with Crippen LogP contribution in [0, 0.1) is 0 Å². The normalized spacial score (nSPS) is 11.0. The molecule has 2 heterocycles. The lowest BCUT2D eigenvalue weighted by Crippen LogP contribution is -1.81. The third-order valence-electron chi connectivity index (χ3n) is 3.37. The molecule has 20 heavy (non-hydrogen) atoms. The maximum absolute atomic E-state index is 4.07. The maximum atomic E-state index is 4.07. The van der Waals surface area contributed by atoms with Gasteiger partial charge in [0.15, 0.2) is 0 Å². The number of nitrogens with one attached hydrogen (secondary N) is 2. The minimum Gasteiger partial charge on any atom is -0.278 e. The molecule has 0 unspecified atom stereocenters. The molecule has 2 N–H and O–H groups in total. The summed E-state index contributed by atoms with van der Waals surface area (Å²) < 4.78 is 0. The Morgan fingerprint density at radius 3 is 2.35 bits per heavy atom. The Hall–Kier alpha value is -2.95. The lowest BCUT2D eigenvalue weighted by atomic mass is 10.0. The van der Waals surface area contributed by atoms with Gasteiger partial charge in [-0.2, -0.15) is 20.5 Å². The third kappa shape index (κ3) is 1.76. The van der Waals surface area contributed by atoms with Gasteiger partial charge in [-0.05, 0) is 17.2 Å². The van der Waals surface area contributed by atoms with E-state index in [-0.39, 0.29) is 0 Å². The molecule has 0 aliphatic carbocycles. The summed E-state index contributed by atoms with van der Waals surface area (Å²) in [5, 5.41) is 18.7. The van der Waals surface area contributed by atoms with E-state index >= 15 is 0 Å². The van der Waals surface area contributed by atoms with Crippen molar-refractivity contribution in [3.63, 3.8) is 0 Å². The van der Waals surface area contributed by atoms with Crippen LogP contribution in [0.2, 0.25) is 0 Å². The van der Waals surface area contributed by atoms with Crippen molar-refractivity contribution in [1.82, 2.24) is 25.6 Å². The lowest BCUT2D eigenvalue weighted by molar-refractivity contribution is 0.942. The Labute approximate surface area is 114 Å². The van der Waals surface area contributed by atoms with Gasteiger partial charge in [0.2, 0.25) is 0 Å². The Kier molecular flexibility index (Phi) is 2.35. The molecule has 0 spiro atoms. The molecular weight excluding hydrogens is 250 g/mol. The molecule has 0 saturated carbocycles. The van der Waals surface area contributed by atoms with E-state index in [4.69, 9.17) is 0 Å². The summed E-state index contributed by atoms with van der Waals surface area (Å²) in [4.78, 5) is 0. The van der Waals surface area contributed by atoms with Gasteiger partial charge < -0.3 is 0 Å². The molecule has 5 nitrogen and oxygen atoms in total. The number of rotatable bonds is 2. The first-order chi connectivity index (χ1) is 9.90. The van der Waals surface area contributed by atoms with Gasteiger partial charge in [0.1, 0.15) is 5.69 Å². The average Bonchev–Trinajstić information content (AvgIpc) is 3.18. The molecule has 2 aromatic carbocycles. The summed E-state index contributed by atoms with van der Waals surface area (Å²) in [5.74, 6) is 0. The second kappa shape index (κ2) is 4.31. The van der Waals surface area contributed by atoms with Gasteiger partial charge in [-0.3, -0.25) is 5.10 Å². The first-order valence-corrected chi connectivity index (χ1v) is 6.30. The van der Waals surface area contributed by atoms with Crippen molar-refractivity contribution in [3.05, 3.63) is 54.9 Å². The van der Waals surface area contributed by atoms with Gasteiger partial charge in [-0.15, -0.1) is 0 Å². The van der Waals surface area contributed by atoms with Crippen LogP contribution in [0.1, 0.15) is 0 Å². The van der Waals surface area contributed by atoms with Crippen molar-refractivity contribution in [2.75, 3.05) is 0 Å². The number of benzene rings is 2. The zero-order valence-corrected chi connectivity index (χ0v) is 10.5. The van der Waals surface area contributed by atoms with E-state index in [9.17, 15) is 0 Å². The number of aromatic amines is 2. The molecule has 2 aromatic heterocycles. The van der Waals surface area contributed by atoms with Gasteiger partial charge in [0.05, 0.1) is 17.9 Å². The highest BCUT2D eigenvalue weighted by atomic mass is 15.3. The first-order valence-electron chi connectivity index (χ1n) is 6.30. The van der Waals surface area contributed by atoms with Crippen LogP contribution < -0.4 is 0 Å². The number of aromatic nitrogens is 5. The van der Waals surface area contributed by atoms with E-state index < -0.39 is 0 Å². The maximum Gasteiger partial charge on any atom is 0.112 e. The van der Waals surface area contributed by atoms with Crippen LogP contribution in [0.4, 0.5) is 0 Å². The van der Waals surface area contributed by atoms with Crippen LogP contribution in [0.3, 0.4) is 0 Å². The van der Waals surface area contributed by atoms with Crippen molar-refractivity contribution < 1.29 is 0 Å². The molecule has 5 heteroatoms. The second-order valence-corrected chi connectivity index (χ2v) is 4.60. The van der Waals surface area contributed by atoms with E-state index in [2.05, 4.69) is 55.9 Å². The van der Waals surface area contributed by atoms with Crippen molar-refractivity contribution in [1.29, 1.82) is 0 Å². The van der Waals surface area contributed by atoms with Gasteiger partial charge in [-0.1, -0.05) is 36.4 Å². The average molecular weight is 261 g/mol. The van der Waals surface area contributed by atoms with Crippen LogP contribution in [-0.2, 0) is 0 Å². The summed E-state index contributed by atoms with van der Waals surface area (Å²) in [6.07, 6.45) is 3.54. The van der Waals surface area contributed by atoms with Gasteiger partial charge in [-0.25, -0.2) is 0 Å². The summed E-state index contributed by atoms with van der Waals surface area (Å²) in [5.41, 5.74) is 5.26. The predicted molar refractivity (Wildman–Crippen MR) is 76.9 cm³/mol. The number of hydrogen-bond acceptors (Lipinski definition) is 3. The van der Waals surface area contributed by atoms with Crippen molar-refractivity contribution in [2.24, 2.45) is 0 Å². The molecule has 0 atom stereocenters. The minimum atomic E-state index is 0.848. The largest absolute Gasteiger partial charge is 0.278 e. The Morgan fingerprint density at radius 1 is 0.750 bits per heavy atom. The van der Waals surface area contributed by atoms with Crippen molar-refractivity contribution >= 4 is 10.9 Å². The summed E-state index contributed by atoms with van der Waals surface area (Å²) in [7, 11) is 0. The Balaban J connectivity index is 1.74. The van der Waals surface area contributed by atoms with Gasteiger partial charge in [0, 0.05) is 10.9 Å².